The maximum atomic E-state index is 2.41. The number of hydrogen-bond acceptors (Lipinski definition) is 2. The number of fused-ring (bicyclic) bond motifs is 7. The molecule has 0 saturated heterocycles. The standard InChI is InChI=1S/C20H20S2/c1-3-7-15-13(5-1)9-11-17-19(15)20-16-8-4-2-6-14(16)10-12-18(20)22-21-17/h1,3,5,7,10,12,17,19H,2,4,6,8-9,11H2/t17?,19-/m0/s1. The van der Waals surface area contributed by atoms with Crippen molar-refractivity contribution >= 4 is 21.6 Å². The van der Waals surface area contributed by atoms with Gasteiger partial charge in [0.25, 0.3) is 0 Å². The second-order valence-electron chi connectivity index (χ2n) is 6.76. The molecule has 0 radical (unpaired) electrons. The summed E-state index contributed by atoms with van der Waals surface area (Å²) >= 11 is 0. The Morgan fingerprint density at radius 1 is 0.864 bits per heavy atom. The van der Waals surface area contributed by atoms with E-state index in [9.17, 15) is 0 Å². The first-order valence-corrected chi connectivity index (χ1v) is 10.7. The highest BCUT2D eigenvalue weighted by atomic mass is 33.1. The molecule has 0 aromatic heterocycles. The van der Waals surface area contributed by atoms with E-state index in [1.54, 1.807) is 32.7 Å². The molecule has 0 bridgehead atoms. The second kappa shape index (κ2) is 5.35. The van der Waals surface area contributed by atoms with E-state index in [2.05, 4.69) is 47.2 Å². The number of aryl methyl sites for hydroxylation is 2. The van der Waals surface area contributed by atoms with Crippen LogP contribution in [-0.2, 0) is 19.3 Å². The molecule has 2 heteroatoms. The molecule has 0 fully saturated rings. The van der Waals surface area contributed by atoms with Gasteiger partial charge in [-0.15, -0.1) is 0 Å². The second-order valence-corrected chi connectivity index (χ2v) is 9.24. The largest absolute Gasteiger partial charge is 0.0845 e. The van der Waals surface area contributed by atoms with Crippen LogP contribution in [0, 0.1) is 0 Å². The van der Waals surface area contributed by atoms with Crippen LogP contribution < -0.4 is 0 Å². The minimum Gasteiger partial charge on any atom is -0.0845 e. The molecule has 0 N–H and O–H groups in total. The fraction of sp³-hybridized carbons (Fsp3) is 0.400. The fourth-order valence-electron chi connectivity index (χ4n) is 4.54. The normalized spacial score (nSPS) is 25.6. The van der Waals surface area contributed by atoms with Crippen LogP contribution in [0.1, 0.15) is 53.0 Å². The van der Waals surface area contributed by atoms with Crippen molar-refractivity contribution in [2.45, 2.75) is 54.6 Å². The molecule has 5 rings (SSSR count). The molecule has 3 aliphatic rings. The van der Waals surface area contributed by atoms with E-state index < -0.39 is 0 Å². The van der Waals surface area contributed by atoms with Gasteiger partial charge in [0.15, 0.2) is 0 Å². The van der Waals surface area contributed by atoms with Crippen LogP contribution in [0.4, 0.5) is 0 Å². The lowest BCUT2D eigenvalue weighted by Gasteiger charge is -2.39. The molecule has 0 nitrogen and oxygen atoms in total. The van der Waals surface area contributed by atoms with Gasteiger partial charge in [-0.25, -0.2) is 0 Å². The van der Waals surface area contributed by atoms with Crippen LogP contribution in [0.15, 0.2) is 41.3 Å². The summed E-state index contributed by atoms with van der Waals surface area (Å²) in [6.07, 6.45) is 7.94. The molecule has 1 unspecified atom stereocenters. The van der Waals surface area contributed by atoms with Crippen LogP contribution in [-0.4, -0.2) is 5.25 Å². The predicted molar refractivity (Wildman–Crippen MR) is 96.9 cm³/mol. The Balaban J connectivity index is 1.75. The summed E-state index contributed by atoms with van der Waals surface area (Å²) in [6, 6.07) is 14.0. The van der Waals surface area contributed by atoms with Gasteiger partial charge in [0.1, 0.15) is 0 Å². The maximum Gasteiger partial charge on any atom is 0.0268 e. The summed E-state index contributed by atoms with van der Waals surface area (Å²) in [4.78, 5) is 1.55. The highest BCUT2D eigenvalue weighted by Gasteiger charge is 2.38. The van der Waals surface area contributed by atoms with Gasteiger partial charge in [0, 0.05) is 16.1 Å². The molecule has 2 aromatic rings. The third-order valence-corrected chi connectivity index (χ3v) is 8.53. The Hall–Kier alpha value is -0.860. The zero-order valence-corrected chi connectivity index (χ0v) is 14.3. The van der Waals surface area contributed by atoms with Crippen molar-refractivity contribution in [3.8, 4) is 0 Å². The molecule has 2 aromatic carbocycles. The molecule has 1 aliphatic heterocycles. The Morgan fingerprint density at radius 2 is 1.77 bits per heavy atom. The van der Waals surface area contributed by atoms with Gasteiger partial charge in [0.2, 0.25) is 0 Å². The van der Waals surface area contributed by atoms with Crippen LogP contribution >= 0.6 is 21.6 Å². The van der Waals surface area contributed by atoms with Gasteiger partial charge in [-0.05, 0) is 72.4 Å². The van der Waals surface area contributed by atoms with Crippen molar-refractivity contribution in [2.24, 2.45) is 0 Å². The van der Waals surface area contributed by atoms with Crippen molar-refractivity contribution in [2.75, 3.05) is 0 Å². The molecule has 0 amide bonds. The third kappa shape index (κ3) is 2.00. The third-order valence-electron chi connectivity index (χ3n) is 5.57. The maximum absolute atomic E-state index is 2.41. The van der Waals surface area contributed by atoms with E-state index >= 15 is 0 Å². The summed E-state index contributed by atoms with van der Waals surface area (Å²) in [7, 11) is 4.16. The predicted octanol–water partition coefficient (Wildman–Crippen LogP) is 5.77. The van der Waals surface area contributed by atoms with Gasteiger partial charge in [-0.2, -0.15) is 0 Å². The molecule has 22 heavy (non-hydrogen) atoms. The Bertz CT molecular complexity index is 734. The quantitative estimate of drug-likeness (QED) is 0.565. The zero-order chi connectivity index (χ0) is 14.5. The number of hydrogen-bond donors (Lipinski definition) is 0. The summed E-state index contributed by atoms with van der Waals surface area (Å²) in [5.74, 6) is 0.638. The molecular weight excluding hydrogens is 304 g/mol. The van der Waals surface area contributed by atoms with Crippen molar-refractivity contribution in [1.29, 1.82) is 0 Å². The topological polar surface area (TPSA) is 0 Å². The average Bonchev–Trinajstić information content (AvgIpc) is 2.60. The van der Waals surface area contributed by atoms with E-state index in [4.69, 9.17) is 0 Å². The average molecular weight is 325 g/mol. The van der Waals surface area contributed by atoms with E-state index in [0.717, 1.165) is 5.25 Å². The van der Waals surface area contributed by atoms with Gasteiger partial charge < -0.3 is 0 Å². The van der Waals surface area contributed by atoms with Gasteiger partial charge >= 0.3 is 0 Å². The lowest BCUT2D eigenvalue weighted by molar-refractivity contribution is 0.605. The molecule has 0 saturated carbocycles. The zero-order valence-electron chi connectivity index (χ0n) is 12.7. The van der Waals surface area contributed by atoms with E-state index in [1.165, 1.54) is 38.5 Å². The monoisotopic (exact) mass is 324 g/mol. The van der Waals surface area contributed by atoms with Gasteiger partial charge in [-0.1, -0.05) is 51.9 Å². The highest BCUT2D eigenvalue weighted by Crippen LogP contribution is 2.56. The SMILES string of the molecule is c1ccc2c(c1)CCC1SSc3ccc4c(c3[C@@H]21)CCCC4. The van der Waals surface area contributed by atoms with Crippen LogP contribution in [0.25, 0.3) is 0 Å². The first-order valence-electron chi connectivity index (χ1n) is 8.47. The summed E-state index contributed by atoms with van der Waals surface area (Å²) in [6.45, 7) is 0. The number of rotatable bonds is 0. The Morgan fingerprint density at radius 3 is 2.77 bits per heavy atom. The Labute approximate surface area is 140 Å². The lowest BCUT2D eigenvalue weighted by Crippen LogP contribution is -2.27. The van der Waals surface area contributed by atoms with E-state index in [0.29, 0.717) is 5.92 Å². The molecule has 2 aliphatic carbocycles. The molecule has 2 atom stereocenters. The van der Waals surface area contributed by atoms with Gasteiger partial charge in [0.05, 0.1) is 0 Å². The molecule has 0 spiro atoms. The summed E-state index contributed by atoms with van der Waals surface area (Å²) in [5.41, 5.74) is 8.27. The minimum atomic E-state index is 0.638. The molecular formula is C20H20S2. The summed E-state index contributed by atoms with van der Waals surface area (Å²) < 4.78 is 0. The van der Waals surface area contributed by atoms with Gasteiger partial charge in [-0.3, -0.25) is 0 Å². The minimum absolute atomic E-state index is 0.638. The van der Waals surface area contributed by atoms with Crippen LogP contribution in [0.5, 0.6) is 0 Å². The van der Waals surface area contributed by atoms with E-state index in [-0.39, 0.29) is 0 Å². The lowest BCUT2D eigenvalue weighted by atomic mass is 9.74. The smallest absolute Gasteiger partial charge is 0.0268 e. The van der Waals surface area contributed by atoms with Crippen molar-refractivity contribution < 1.29 is 0 Å². The van der Waals surface area contributed by atoms with E-state index in [1.807, 2.05) is 10.8 Å². The molecule has 112 valence electrons. The number of benzene rings is 2. The summed E-state index contributed by atoms with van der Waals surface area (Å²) in [5, 5.41) is 0.765. The van der Waals surface area contributed by atoms with Crippen molar-refractivity contribution in [3.05, 3.63) is 64.2 Å². The Kier molecular flexibility index (Phi) is 3.30. The fourth-order valence-corrected chi connectivity index (χ4v) is 7.58. The van der Waals surface area contributed by atoms with Crippen molar-refractivity contribution in [1.82, 2.24) is 0 Å². The van der Waals surface area contributed by atoms with Crippen molar-refractivity contribution in [3.63, 3.8) is 0 Å². The van der Waals surface area contributed by atoms with Crippen LogP contribution in [0.2, 0.25) is 0 Å². The first kappa shape index (κ1) is 13.6. The molecule has 1 heterocycles. The highest BCUT2D eigenvalue weighted by molar-refractivity contribution is 8.77. The van der Waals surface area contributed by atoms with Crippen LogP contribution in [0.3, 0.4) is 0 Å². The first-order chi connectivity index (χ1) is 10.9.